The Morgan fingerprint density at radius 2 is 1.76 bits per heavy atom. The zero-order valence-electron chi connectivity index (χ0n) is 10.1. The van der Waals surface area contributed by atoms with Crippen molar-refractivity contribution in [2.75, 3.05) is 5.73 Å². The summed E-state index contributed by atoms with van der Waals surface area (Å²) in [5.74, 6) is 0. The molecule has 2 rings (SSSR count). The van der Waals surface area contributed by atoms with E-state index in [1.54, 1.807) is 0 Å². The summed E-state index contributed by atoms with van der Waals surface area (Å²) in [6, 6.07) is 13.8. The van der Waals surface area contributed by atoms with Crippen LogP contribution in [0.25, 0.3) is 0 Å². The van der Waals surface area contributed by atoms with Crippen LogP contribution in [0.3, 0.4) is 0 Å². The number of hydrogen-bond acceptors (Lipinski definition) is 2. The molecule has 0 saturated carbocycles. The molecule has 3 heteroatoms. The predicted octanol–water partition coefficient (Wildman–Crippen LogP) is 2.38. The van der Waals surface area contributed by atoms with E-state index in [0.717, 1.165) is 22.6 Å². The monoisotopic (exact) mass is 226 g/mol. The molecule has 3 nitrogen and oxygen atoms in total. The number of nitrogens with two attached hydrogens (primary N) is 1. The lowest BCUT2D eigenvalue weighted by atomic mass is 10.2. The fraction of sp³-hybridized carbons (Fsp3) is 0.143. The molecule has 0 unspecified atom stereocenters. The summed E-state index contributed by atoms with van der Waals surface area (Å²) in [5, 5.41) is 7.39. The van der Waals surface area contributed by atoms with Crippen molar-refractivity contribution in [2.45, 2.75) is 13.8 Å². The number of nitrogens with one attached hydrogen (secondary N) is 1. The third-order valence-corrected chi connectivity index (χ3v) is 2.70. The number of rotatable bonds is 2. The summed E-state index contributed by atoms with van der Waals surface area (Å²) in [7, 11) is 0. The minimum absolute atomic E-state index is 0.792. The van der Waals surface area contributed by atoms with Gasteiger partial charge in [0.15, 0.2) is 0 Å². The number of azo groups is 1. The van der Waals surface area contributed by atoms with Gasteiger partial charge in [0, 0.05) is 17.3 Å². The van der Waals surface area contributed by atoms with Crippen molar-refractivity contribution in [1.82, 2.24) is 0 Å². The molecule has 0 heterocycles. The van der Waals surface area contributed by atoms with Gasteiger partial charge >= 0.3 is 0 Å². The van der Waals surface area contributed by atoms with Gasteiger partial charge in [0.05, 0.1) is 0 Å². The number of anilines is 1. The highest BCUT2D eigenvalue weighted by Crippen LogP contribution is 2.18. The highest BCUT2D eigenvalue weighted by molar-refractivity contribution is 5.53. The lowest BCUT2D eigenvalue weighted by Crippen LogP contribution is -2.57. The topological polar surface area (TPSA) is 52.3 Å². The largest absolute Gasteiger partial charge is 0.399 e. The average molecular weight is 226 g/mol. The molecular formula is C14H16N3+. The standard InChI is InChI=1S/C14H15N3/c1-10-5-3-4-6-14(10)17-16-12-7-8-13(15)11(2)9-12/h3-9H,15H2,1-2H3/p+1. The number of hydrogen-bond donors (Lipinski definition) is 2. The first-order chi connectivity index (χ1) is 8.16. The molecule has 17 heavy (non-hydrogen) atoms. The van der Waals surface area contributed by atoms with Gasteiger partial charge in [-0.2, -0.15) is 0 Å². The molecule has 86 valence electrons. The van der Waals surface area contributed by atoms with Gasteiger partial charge in [-0.3, -0.25) is 0 Å². The molecule has 0 bridgehead atoms. The van der Waals surface area contributed by atoms with Gasteiger partial charge < -0.3 is 5.73 Å². The summed E-state index contributed by atoms with van der Waals surface area (Å²) < 4.78 is 0. The second-order valence-corrected chi connectivity index (χ2v) is 4.08. The van der Waals surface area contributed by atoms with Gasteiger partial charge in [-0.15, -0.1) is 0 Å². The van der Waals surface area contributed by atoms with Crippen LogP contribution in [0.2, 0.25) is 0 Å². The van der Waals surface area contributed by atoms with E-state index >= 15 is 0 Å². The number of benzene rings is 2. The lowest BCUT2D eigenvalue weighted by Gasteiger charge is -1.97. The molecule has 0 aromatic heterocycles. The van der Waals surface area contributed by atoms with E-state index in [-0.39, 0.29) is 0 Å². The highest BCUT2D eigenvalue weighted by atomic mass is 15.1. The van der Waals surface area contributed by atoms with Crippen LogP contribution in [-0.4, -0.2) is 0 Å². The first-order valence-corrected chi connectivity index (χ1v) is 5.55. The molecule has 0 radical (unpaired) electrons. The Morgan fingerprint density at radius 1 is 1.00 bits per heavy atom. The van der Waals surface area contributed by atoms with Crippen LogP contribution in [0.5, 0.6) is 0 Å². The van der Waals surface area contributed by atoms with Crippen LogP contribution in [0, 0.1) is 13.8 Å². The second-order valence-electron chi connectivity index (χ2n) is 4.08. The molecular weight excluding hydrogens is 210 g/mol. The van der Waals surface area contributed by atoms with Crippen molar-refractivity contribution < 1.29 is 5.11 Å². The SMILES string of the molecule is Cc1cc(N=[NH+]c2ccccc2C)ccc1N. The number of aryl methyl sites for hydroxylation is 2. The summed E-state index contributed by atoms with van der Waals surface area (Å²) >= 11 is 0. The quantitative estimate of drug-likeness (QED) is 0.599. The molecule has 0 amide bonds. The van der Waals surface area contributed by atoms with E-state index in [1.165, 1.54) is 5.56 Å². The Morgan fingerprint density at radius 3 is 2.47 bits per heavy atom. The molecule has 0 spiro atoms. The average Bonchev–Trinajstić information content (AvgIpc) is 2.32. The van der Waals surface area contributed by atoms with E-state index in [2.05, 4.69) is 10.2 Å². The summed E-state index contributed by atoms with van der Waals surface area (Å²) in [6.07, 6.45) is 0. The van der Waals surface area contributed by atoms with E-state index in [1.807, 2.05) is 56.3 Å². The molecule has 0 saturated heterocycles. The molecule has 2 aromatic rings. The smallest absolute Gasteiger partial charge is 0.232 e. The van der Waals surface area contributed by atoms with Crippen molar-refractivity contribution in [2.24, 2.45) is 5.11 Å². The van der Waals surface area contributed by atoms with Crippen LogP contribution in [-0.2, 0) is 0 Å². The molecule has 3 N–H and O–H groups in total. The zero-order valence-corrected chi connectivity index (χ0v) is 10.1. The molecule has 0 atom stereocenters. The molecule has 0 aliphatic carbocycles. The van der Waals surface area contributed by atoms with Crippen LogP contribution in [0.1, 0.15) is 11.1 Å². The first kappa shape index (κ1) is 11.3. The van der Waals surface area contributed by atoms with E-state index < -0.39 is 0 Å². The van der Waals surface area contributed by atoms with E-state index in [0.29, 0.717) is 0 Å². The van der Waals surface area contributed by atoms with Crippen molar-refractivity contribution >= 4 is 17.1 Å². The van der Waals surface area contributed by atoms with Crippen molar-refractivity contribution in [1.29, 1.82) is 0 Å². The predicted molar refractivity (Wildman–Crippen MR) is 69.5 cm³/mol. The highest BCUT2D eigenvalue weighted by Gasteiger charge is 2.01. The van der Waals surface area contributed by atoms with Gasteiger partial charge in [0.2, 0.25) is 5.69 Å². The maximum atomic E-state index is 5.76. The van der Waals surface area contributed by atoms with E-state index in [4.69, 9.17) is 5.73 Å². The van der Waals surface area contributed by atoms with Crippen LogP contribution in [0.15, 0.2) is 47.6 Å². The van der Waals surface area contributed by atoms with Crippen molar-refractivity contribution in [3.8, 4) is 0 Å². The number of nitrogens with zero attached hydrogens (tertiary/aromatic N) is 1. The second kappa shape index (κ2) is 4.78. The third-order valence-electron chi connectivity index (χ3n) is 2.70. The van der Waals surface area contributed by atoms with Crippen LogP contribution in [0.4, 0.5) is 17.1 Å². The first-order valence-electron chi connectivity index (χ1n) is 5.55. The van der Waals surface area contributed by atoms with Gasteiger partial charge in [0.1, 0.15) is 5.69 Å². The molecule has 0 aliphatic heterocycles. The summed E-state index contributed by atoms with van der Waals surface area (Å²) in [4.78, 5) is 0. The summed E-state index contributed by atoms with van der Waals surface area (Å²) in [5.41, 5.74) is 10.6. The molecule has 0 fully saturated rings. The van der Waals surface area contributed by atoms with Crippen LogP contribution < -0.4 is 10.8 Å². The fourth-order valence-electron chi connectivity index (χ4n) is 1.55. The molecule has 2 aromatic carbocycles. The Labute approximate surface area is 101 Å². The van der Waals surface area contributed by atoms with E-state index in [9.17, 15) is 0 Å². The minimum Gasteiger partial charge on any atom is -0.399 e. The fourth-order valence-corrected chi connectivity index (χ4v) is 1.55. The number of nitrogen functional groups attached to an aromatic ring is 1. The normalized spacial score (nSPS) is 10.9. The van der Waals surface area contributed by atoms with Crippen LogP contribution >= 0.6 is 0 Å². The maximum Gasteiger partial charge on any atom is 0.232 e. The lowest BCUT2D eigenvalue weighted by molar-refractivity contribution is -0.433. The minimum atomic E-state index is 0.792. The Hall–Kier alpha value is -2.16. The Bertz CT molecular complexity index is 559. The molecule has 0 aliphatic rings. The number of para-hydroxylation sites is 1. The summed E-state index contributed by atoms with van der Waals surface area (Å²) in [6.45, 7) is 4.02. The van der Waals surface area contributed by atoms with Crippen molar-refractivity contribution in [3.63, 3.8) is 0 Å². The third kappa shape index (κ3) is 2.69. The zero-order chi connectivity index (χ0) is 12.3. The van der Waals surface area contributed by atoms with Gasteiger partial charge in [-0.05, 0) is 42.7 Å². The van der Waals surface area contributed by atoms with Crippen molar-refractivity contribution in [3.05, 3.63) is 53.6 Å². The van der Waals surface area contributed by atoms with Gasteiger partial charge in [0.25, 0.3) is 0 Å². The Kier molecular flexibility index (Phi) is 3.19. The maximum absolute atomic E-state index is 5.76. The Balaban J connectivity index is 2.26. The van der Waals surface area contributed by atoms with Gasteiger partial charge in [-0.1, -0.05) is 23.3 Å². The van der Waals surface area contributed by atoms with Gasteiger partial charge in [-0.25, -0.2) is 0 Å².